The van der Waals surface area contributed by atoms with Crippen molar-refractivity contribution in [2.45, 2.75) is 52.5 Å². The van der Waals surface area contributed by atoms with E-state index >= 15 is 0 Å². The number of nitrogens with one attached hydrogen (secondary N) is 1. The summed E-state index contributed by atoms with van der Waals surface area (Å²) in [4.78, 5) is 2.57. The number of hydrogen-bond acceptors (Lipinski definition) is 2. The molecule has 0 radical (unpaired) electrons. The molecule has 1 rings (SSSR count). The zero-order valence-corrected chi connectivity index (χ0v) is 12.2. The molecule has 2 nitrogen and oxygen atoms in total. The molecule has 3 heteroatoms. The molecule has 1 N–H and O–H groups in total. The molecule has 98 valence electrons. The van der Waals surface area contributed by atoms with Gasteiger partial charge in [-0.2, -0.15) is 0 Å². The van der Waals surface area contributed by atoms with Gasteiger partial charge < -0.3 is 10.2 Å². The third-order valence-electron chi connectivity index (χ3n) is 3.38. The summed E-state index contributed by atoms with van der Waals surface area (Å²) in [6, 6.07) is 0.808. The van der Waals surface area contributed by atoms with Gasteiger partial charge in [-0.1, -0.05) is 20.8 Å². The van der Waals surface area contributed by atoms with Crippen LogP contribution in [0.25, 0.3) is 0 Å². The lowest BCUT2D eigenvalue weighted by Crippen LogP contribution is -2.34. The summed E-state index contributed by atoms with van der Waals surface area (Å²) in [6.45, 7) is 10.6. The van der Waals surface area contributed by atoms with Gasteiger partial charge in [-0.3, -0.25) is 0 Å². The molecule has 1 unspecified atom stereocenters. The van der Waals surface area contributed by atoms with E-state index in [1.54, 1.807) is 0 Å². The summed E-state index contributed by atoms with van der Waals surface area (Å²) in [7, 11) is 2.29. The Balaban J connectivity index is 0.00000225. The molecule has 1 aliphatic rings. The fourth-order valence-corrected chi connectivity index (χ4v) is 2.14. The summed E-state index contributed by atoms with van der Waals surface area (Å²) in [5.41, 5.74) is 0.469. The molecular weight excluding hydrogens is 220 g/mol. The molecule has 0 amide bonds. The first-order valence-corrected chi connectivity index (χ1v) is 6.40. The van der Waals surface area contributed by atoms with Crippen LogP contribution in [0.5, 0.6) is 0 Å². The second-order valence-corrected chi connectivity index (χ2v) is 6.13. The monoisotopic (exact) mass is 248 g/mol. The Bertz CT molecular complexity index is 169. The molecule has 0 aromatic rings. The first kappa shape index (κ1) is 16.2. The average Bonchev–Trinajstić information content (AvgIpc) is 2.41. The summed E-state index contributed by atoms with van der Waals surface area (Å²) in [5.74, 6) is 0. The van der Waals surface area contributed by atoms with E-state index in [9.17, 15) is 0 Å². The molecule has 0 aliphatic carbocycles. The molecule has 0 spiro atoms. The van der Waals surface area contributed by atoms with E-state index in [1.165, 1.54) is 45.3 Å². The van der Waals surface area contributed by atoms with Crippen LogP contribution in [0, 0.1) is 5.41 Å². The smallest absolute Gasteiger partial charge is 0.0105 e. The fraction of sp³-hybridized carbons (Fsp3) is 1.00. The van der Waals surface area contributed by atoms with Gasteiger partial charge >= 0.3 is 0 Å². The molecule has 0 saturated carbocycles. The molecule has 16 heavy (non-hydrogen) atoms. The van der Waals surface area contributed by atoms with Gasteiger partial charge in [-0.25, -0.2) is 0 Å². The first-order chi connectivity index (χ1) is 6.99. The van der Waals surface area contributed by atoms with E-state index in [1.807, 2.05) is 0 Å². The van der Waals surface area contributed by atoms with Crippen molar-refractivity contribution in [1.29, 1.82) is 0 Å². The Hall–Kier alpha value is 0.210. The molecule has 0 aromatic heterocycles. The van der Waals surface area contributed by atoms with Crippen LogP contribution in [-0.4, -0.2) is 37.6 Å². The third-order valence-corrected chi connectivity index (χ3v) is 3.38. The maximum absolute atomic E-state index is 3.48. The zero-order chi connectivity index (χ0) is 11.3. The van der Waals surface area contributed by atoms with E-state index in [0.29, 0.717) is 5.41 Å². The van der Waals surface area contributed by atoms with Crippen molar-refractivity contribution in [2.75, 3.05) is 26.7 Å². The van der Waals surface area contributed by atoms with Crippen LogP contribution < -0.4 is 5.32 Å². The Morgan fingerprint density at radius 2 is 1.88 bits per heavy atom. The lowest BCUT2D eigenvalue weighted by Gasteiger charge is -2.29. The first-order valence-electron chi connectivity index (χ1n) is 6.40. The molecule has 1 saturated heterocycles. The van der Waals surface area contributed by atoms with Crippen molar-refractivity contribution in [1.82, 2.24) is 10.2 Å². The Labute approximate surface area is 108 Å². The topological polar surface area (TPSA) is 15.3 Å². The Morgan fingerprint density at radius 1 is 1.19 bits per heavy atom. The van der Waals surface area contributed by atoms with E-state index in [0.717, 1.165) is 6.04 Å². The minimum atomic E-state index is 0. The number of rotatable bonds is 3. The van der Waals surface area contributed by atoms with Crippen LogP contribution in [0.15, 0.2) is 0 Å². The lowest BCUT2D eigenvalue weighted by molar-refractivity contribution is 0.193. The van der Waals surface area contributed by atoms with Crippen molar-refractivity contribution in [2.24, 2.45) is 5.41 Å². The summed E-state index contributed by atoms with van der Waals surface area (Å²) in [5, 5.41) is 3.48. The van der Waals surface area contributed by atoms with Crippen LogP contribution in [0.3, 0.4) is 0 Å². The molecule has 0 bridgehead atoms. The second kappa shape index (κ2) is 7.52. The highest BCUT2D eigenvalue weighted by atomic mass is 35.5. The van der Waals surface area contributed by atoms with Gasteiger partial charge in [0.2, 0.25) is 0 Å². The summed E-state index contributed by atoms with van der Waals surface area (Å²) >= 11 is 0. The third kappa shape index (κ3) is 6.72. The van der Waals surface area contributed by atoms with Crippen LogP contribution in [0.1, 0.15) is 46.5 Å². The molecule has 0 aromatic carbocycles. The van der Waals surface area contributed by atoms with Crippen LogP contribution >= 0.6 is 12.4 Å². The van der Waals surface area contributed by atoms with E-state index in [2.05, 4.69) is 38.0 Å². The highest BCUT2D eigenvalue weighted by molar-refractivity contribution is 5.85. The van der Waals surface area contributed by atoms with Crippen molar-refractivity contribution in [3.8, 4) is 0 Å². The van der Waals surface area contributed by atoms with E-state index < -0.39 is 0 Å². The van der Waals surface area contributed by atoms with Gasteiger partial charge in [-0.15, -0.1) is 12.4 Å². The molecular formula is C13H29ClN2. The SMILES string of the molecule is CN(CCC(C)(C)C)C1CCCNCC1.Cl. The van der Waals surface area contributed by atoms with Gasteiger partial charge in [0.25, 0.3) is 0 Å². The number of hydrogen-bond donors (Lipinski definition) is 1. The minimum absolute atomic E-state index is 0. The Morgan fingerprint density at radius 3 is 2.50 bits per heavy atom. The standard InChI is InChI=1S/C13H28N2.ClH/c1-13(2,3)8-11-15(4)12-6-5-9-14-10-7-12;/h12,14H,5-11H2,1-4H3;1H. The van der Waals surface area contributed by atoms with E-state index in [4.69, 9.17) is 0 Å². The van der Waals surface area contributed by atoms with Crippen LogP contribution in [0.4, 0.5) is 0 Å². The number of nitrogens with zero attached hydrogens (tertiary/aromatic N) is 1. The van der Waals surface area contributed by atoms with Crippen molar-refractivity contribution in [3.63, 3.8) is 0 Å². The quantitative estimate of drug-likeness (QED) is 0.826. The normalized spacial score (nSPS) is 22.7. The lowest BCUT2D eigenvalue weighted by atomic mass is 9.92. The predicted octanol–water partition coefficient (Wildman–Crippen LogP) is 2.92. The highest BCUT2D eigenvalue weighted by Gasteiger charge is 2.18. The van der Waals surface area contributed by atoms with Gasteiger partial charge in [-0.05, 0) is 57.8 Å². The number of halogens is 1. The zero-order valence-electron chi connectivity index (χ0n) is 11.4. The van der Waals surface area contributed by atoms with Gasteiger partial charge in [0, 0.05) is 6.04 Å². The largest absolute Gasteiger partial charge is 0.317 e. The minimum Gasteiger partial charge on any atom is -0.317 e. The van der Waals surface area contributed by atoms with Crippen LogP contribution in [0.2, 0.25) is 0 Å². The van der Waals surface area contributed by atoms with Gasteiger partial charge in [0.15, 0.2) is 0 Å². The maximum Gasteiger partial charge on any atom is 0.0105 e. The molecule has 1 fully saturated rings. The van der Waals surface area contributed by atoms with Gasteiger partial charge in [0.1, 0.15) is 0 Å². The maximum atomic E-state index is 3.48. The van der Waals surface area contributed by atoms with Crippen molar-refractivity contribution in [3.05, 3.63) is 0 Å². The predicted molar refractivity (Wildman–Crippen MR) is 74.5 cm³/mol. The van der Waals surface area contributed by atoms with Gasteiger partial charge in [0.05, 0.1) is 0 Å². The Kier molecular flexibility index (Phi) is 7.62. The molecule has 1 aliphatic heterocycles. The highest BCUT2D eigenvalue weighted by Crippen LogP contribution is 2.20. The fourth-order valence-electron chi connectivity index (χ4n) is 2.14. The average molecular weight is 249 g/mol. The van der Waals surface area contributed by atoms with E-state index in [-0.39, 0.29) is 12.4 Å². The van der Waals surface area contributed by atoms with Crippen molar-refractivity contribution >= 4 is 12.4 Å². The summed E-state index contributed by atoms with van der Waals surface area (Å²) in [6.07, 6.45) is 5.33. The van der Waals surface area contributed by atoms with Crippen LogP contribution in [-0.2, 0) is 0 Å². The second-order valence-electron chi connectivity index (χ2n) is 6.13. The van der Waals surface area contributed by atoms with Crippen molar-refractivity contribution < 1.29 is 0 Å². The molecule has 1 heterocycles. The summed E-state index contributed by atoms with van der Waals surface area (Å²) < 4.78 is 0. The molecule has 1 atom stereocenters.